The van der Waals surface area contributed by atoms with Crippen LogP contribution in [-0.2, 0) is 25.1 Å². The molecule has 1 rings (SSSR count). The topological polar surface area (TPSA) is 104 Å². The number of carboxylic acid groups (broad SMARTS) is 1. The molecule has 0 spiro atoms. The molecule has 7 nitrogen and oxygen atoms in total. The van der Waals surface area contributed by atoms with E-state index in [4.69, 9.17) is 9.84 Å². The molecule has 2 unspecified atom stereocenters. The van der Waals surface area contributed by atoms with Crippen LogP contribution in [-0.4, -0.2) is 63.7 Å². The Morgan fingerprint density at radius 3 is 2.50 bits per heavy atom. The molecule has 0 fully saturated rings. The molecule has 0 saturated heterocycles. The van der Waals surface area contributed by atoms with E-state index in [2.05, 4.69) is 0 Å². The molecule has 0 aliphatic carbocycles. The Kier molecular flexibility index (Phi) is 8.01. The fourth-order valence-corrected chi connectivity index (χ4v) is 4.21. The first-order valence-corrected chi connectivity index (χ1v) is 9.67. The lowest BCUT2D eigenvalue weighted by molar-refractivity contribution is -0.145. The van der Waals surface area contributed by atoms with Crippen molar-refractivity contribution in [3.8, 4) is 0 Å². The lowest BCUT2D eigenvalue weighted by Crippen LogP contribution is -2.44. The third-order valence-electron chi connectivity index (χ3n) is 3.39. The van der Waals surface area contributed by atoms with E-state index in [0.29, 0.717) is 6.61 Å². The largest absolute Gasteiger partial charge is 0.479 e. The SMILES string of the molecule is COC[C@H](C)N(C(=O)CS(=O)CC(O)C(=O)O)c1c(C)csc1C. The minimum atomic E-state index is -1.78. The highest BCUT2D eigenvalue weighted by Crippen LogP contribution is 2.32. The van der Waals surface area contributed by atoms with Crippen molar-refractivity contribution in [1.82, 2.24) is 0 Å². The van der Waals surface area contributed by atoms with E-state index in [1.807, 2.05) is 26.2 Å². The van der Waals surface area contributed by atoms with Gasteiger partial charge in [-0.15, -0.1) is 11.3 Å². The number of hydrogen-bond acceptors (Lipinski definition) is 6. The molecule has 136 valence electrons. The van der Waals surface area contributed by atoms with Crippen molar-refractivity contribution in [3.05, 3.63) is 15.8 Å². The van der Waals surface area contributed by atoms with Crippen LogP contribution in [0.2, 0.25) is 0 Å². The molecular weight excluding hydrogens is 354 g/mol. The molecule has 0 aliphatic rings. The van der Waals surface area contributed by atoms with Gasteiger partial charge in [-0.3, -0.25) is 9.00 Å². The maximum atomic E-state index is 12.7. The van der Waals surface area contributed by atoms with Crippen molar-refractivity contribution in [2.75, 3.05) is 30.1 Å². The number of anilines is 1. The van der Waals surface area contributed by atoms with Crippen LogP contribution in [0.1, 0.15) is 17.4 Å². The van der Waals surface area contributed by atoms with Crippen molar-refractivity contribution in [3.63, 3.8) is 0 Å². The van der Waals surface area contributed by atoms with Gasteiger partial charge in [-0.1, -0.05) is 0 Å². The molecule has 1 aromatic rings. The van der Waals surface area contributed by atoms with E-state index >= 15 is 0 Å². The zero-order valence-corrected chi connectivity index (χ0v) is 15.8. The molecule has 3 atom stereocenters. The van der Waals surface area contributed by atoms with Crippen LogP contribution in [0.5, 0.6) is 0 Å². The normalized spacial score (nSPS) is 14.9. The summed E-state index contributed by atoms with van der Waals surface area (Å²) in [5, 5.41) is 19.9. The molecule has 2 N–H and O–H groups in total. The second-order valence-electron chi connectivity index (χ2n) is 5.50. The lowest BCUT2D eigenvalue weighted by atomic mass is 10.2. The van der Waals surface area contributed by atoms with E-state index in [1.165, 1.54) is 18.4 Å². The molecule has 9 heteroatoms. The molecule has 1 aromatic heterocycles. The molecule has 0 radical (unpaired) electrons. The molecule has 1 heterocycles. The van der Waals surface area contributed by atoms with Crippen LogP contribution < -0.4 is 4.90 Å². The third kappa shape index (κ3) is 5.37. The number of amides is 1. The number of thiophene rings is 1. The first-order valence-electron chi connectivity index (χ1n) is 7.30. The molecule has 1 amide bonds. The van der Waals surface area contributed by atoms with Gasteiger partial charge < -0.3 is 19.8 Å². The summed E-state index contributed by atoms with van der Waals surface area (Å²) in [5.74, 6) is -2.67. The number of ether oxygens (including phenoxy) is 1. The lowest BCUT2D eigenvalue weighted by Gasteiger charge is -2.30. The number of aliphatic hydroxyl groups is 1. The summed E-state index contributed by atoms with van der Waals surface area (Å²) in [5.41, 5.74) is 1.70. The van der Waals surface area contributed by atoms with Crippen LogP contribution in [0.25, 0.3) is 0 Å². The standard InChI is InChI=1S/C15H23NO6S2/c1-9-6-23-11(3)14(9)16(10(2)5-22-4)13(18)8-24(21)7-12(17)15(19)20/h6,10,12,17H,5,7-8H2,1-4H3,(H,19,20)/t10-,12?,24?/m0/s1. The van der Waals surface area contributed by atoms with E-state index in [1.54, 1.807) is 4.90 Å². The number of nitrogens with zero attached hydrogens (tertiary/aromatic N) is 1. The van der Waals surface area contributed by atoms with Gasteiger partial charge in [0.05, 0.1) is 24.1 Å². The Labute approximate surface area is 147 Å². The second kappa shape index (κ2) is 9.26. The van der Waals surface area contributed by atoms with Gasteiger partial charge in [-0.2, -0.15) is 0 Å². The van der Waals surface area contributed by atoms with Crippen molar-refractivity contribution in [2.24, 2.45) is 0 Å². The van der Waals surface area contributed by atoms with Gasteiger partial charge in [0.2, 0.25) is 5.91 Å². The zero-order chi connectivity index (χ0) is 18.4. The Hall–Kier alpha value is -1.29. The van der Waals surface area contributed by atoms with Gasteiger partial charge in [-0.05, 0) is 31.7 Å². The maximum absolute atomic E-state index is 12.7. The van der Waals surface area contributed by atoms with Gasteiger partial charge in [-0.25, -0.2) is 4.79 Å². The number of aliphatic carboxylic acids is 1. The fourth-order valence-electron chi connectivity index (χ4n) is 2.35. The van der Waals surface area contributed by atoms with Crippen LogP contribution >= 0.6 is 11.3 Å². The fraction of sp³-hybridized carbons (Fsp3) is 0.600. The predicted molar refractivity (Wildman–Crippen MR) is 94.1 cm³/mol. The molecule has 0 aliphatic heterocycles. The van der Waals surface area contributed by atoms with Crippen molar-refractivity contribution in [1.29, 1.82) is 0 Å². The molecular formula is C15H23NO6S2. The van der Waals surface area contributed by atoms with E-state index in [0.717, 1.165) is 16.1 Å². The highest BCUT2D eigenvalue weighted by molar-refractivity contribution is 7.85. The number of carbonyl (C=O) groups is 2. The third-order valence-corrected chi connectivity index (χ3v) is 5.67. The summed E-state index contributed by atoms with van der Waals surface area (Å²) in [4.78, 5) is 25.8. The Balaban J connectivity index is 2.97. The summed E-state index contributed by atoms with van der Waals surface area (Å²) >= 11 is 1.52. The summed E-state index contributed by atoms with van der Waals surface area (Å²) in [6.45, 7) is 5.93. The number of carboxylic acids is 1. The Bertz CT molecular complexity index is 596. The highest BCUT2D eigenvalue weighted by atomic mass is 32.2. The summed E-state index contributed by atoms with van der Waals surface area (Å²) in [6, 6.07) is -0.268. The number of aryl methyl sites for hydroxylation is 2. The van der Waals surface area contributed by atoms with Gasteiger partial charge in [0, 0.05) is 22.8 Å². The van der Waals surface area contributed by atoms with Crippen LogP contribution in [0, 0.1) is 13.8 Å². The quantitative estimate of drug-likeness (QED) is 0.663. The van der Waals surface area contributed by atoms with Crippen LogP contribution in [0.15, 0.2) is 5.38 Å². The van der Waals surface area contributed by atoms with E-state index < -0.39 is 28.6 Å². The van der Waals surface area contributed by atoms with Gasteiger partial charge in [0.15, 0.2) is 6.10 Å². The minimum absolute atomic E-state index is 0.268. The van der Waals surface area contributed by atoms with Gasteiger partial charge in [0.25, 0.3) is 0 Å². The van der Waals surface area contributed by atoms with Gasteiger partial charge in [0.1, 0.15) is 5.75 Å². The number of aliphatic hydroxyl groups excluding tert-OH is 1. The van der Waals surface area contributed by atoms with Crippen LogP contribution in [0.4, 0.5) is 5.69 Å². The van der Waals surface area contributed by atoms with Gasteiger partial charge >= 0.3 is 5.97 Å². The number of carbonyl (C=O) groups excluding carboxylic acids is 1. The molecule has 0 bridgehead atoms. The zero-order valence-electron chi connectivity index (χ0n) is 14.1. The van der Waals surface area contributed by atoms with Crippen molar-refractivity contribution < 1.29 is 28.7 Å². The van der Waals surface area contributed by atoms with E-state index in [-0.39, 0.29) is 17.7 Å². The highest BCUT2D eigenvalue weighted by Gasteiger charge is 2.28. The second-order valence-corrected chi connectivity index (χ2v) is 8.08. The monoisotopic (exact) mass is 377 g/mol. The Morgan fingerprint density at radius 1 is 1.42 bits per heavy atom. The Morgan fingerprint density at radius 2 is 2.04 bits per heavy atom. The average Bonchev–Trinajstić information content (AvgIpc) is 2.79. The maximum Gasteiger partial charge on any atom is 0.333 e. The first-order chi connectivity index (χ1) is 11.2. The number of methoxy groups -OCH3 is 1. The predicted octanol–water partition coefficient (Wildman–Crippen LogP) is 0.927. The van der Waals surface area contributed by atoms with E-state index in [9.17, 15) is 18.9 Å². The molecule has 24 heavy (non-hydrogen) atoms. The number of rotatable bonds is 9. The summed E-state index contributed by atoms with van der Waals surface area (Å²) in [7, 11) is -0.241. The minimum Gasteiger partial charge on any atom is -0.479 e. The first kappa shape index (κ1) is 20.8. The molecule has 0 saturated carbocycles. The summed E-state index contributed by atoms with van der Waals surface area (Å²) in [6.07, 6.45) is -1.74. The average molecular weight is 377 g/mol. The summed E-state index contributed by atoms with van der Waals surface area (Å²) < 4.78 is 17.1. The smallest absolute Gasteiger partial charge is 0.333 e. The van der Waals surface area contributed by atoms with Crippen molar-refractivity contribution in [2.45, 2.75) is 32.9 Å². The van der Waals surface area contributed by atoms with Crippen LogP contribution in [0.3, 0.4) is 0 Å². The number of hydrogen-bond donors (Lipinski definition) is 2. The molecule has 0 aromatic carbocycles. The van der Waals surface area contributed by atoms with Crippen molar-refractivity contribution >= 4 is 39.7 Å².